The lowest BCUT2D eigenvalue weighted by Gasteiger charge is -2.35. The Hall–Kier alpha value is -2.22. The molecule has 0 aliphatic heterocycles. The van der Waals surface area contributed by atoms with E-state index in [-0.39, 0.29) is 11.2 Å². The monoisotopic (exact) mass is 277 g/mol. The number of pyridine rings is 1. The van der Waals surface area contributed by atoms with Crippen LogP contribution in [0.3, 0.4) is 0 Å². The topological polar surface area (TPSA) is 12.9 Å². The molecule has 0 N–H and O–H groups in total. The zero-order chi connectivity index (χ0) is 14.8. The first-order valence-corrected chi connectivity index (χ1v) is 7.20. The number of hydrogen-bond donors (Lipinski definition) is 0. The van der Waals surface area contributed by atoms with Gasteiger partial charge >= 0.3 is 0 Å². The van der Waals surface area contributed by atoms with Crippen LogP contribution in [0.4, 0.5) is 4.39 Å². The molecule has 4 rings (SSSR count). The second-order valence-corrected chi connectivity index (χ2v) is 6.30. The molecule has 0 amide bonds. The number of halogens is 1. The number of rotatable bonds is 0. The summed E-state index contributed by atoms with van der Waals surface area (Å²) in [6.07, 6.45) is 1.82. The van der Waals surface area contributed by atoms with Gasteiger partial charge in [-0.15, -0.1) is 0 Å². The summed E-state index contributed by atoms with van der Waals surface area (Å²) in [7, 11) is 0. The Morgan fingerprint density at radius 1 is 1.05 bits per heavy atom. The highest BCUT2D eigenvalue weighted by Crippen LogP contribution is 2.48. The van der Waals surface area contributed by atoms with Crippen molar-refractivity contribution in [3.05, 3.63) is 65.1 Å². The summed E-state index contributed by atoms with van der Waals surface area (Å²) in [6, 6.07) is 11.6. The number of nitrogens with zero attached hydrogens (tertiary/aromatic N) is 1. The Labute approximate surface area is 123 Å². The molecule has 0 fully saturated rings. The molecule has 0 saturated carbocycles. The van der Waals surface area contributed by atoms with Crippen LogP contribution in [0.25, 0.3) is 22.0 Å². The first kappa shape index (κ1) is 12.5. The van der Waals surface area contributed by atoms with Crippen molar-refractivity contribution in [2.24, 2.45) is 0 Å². The quantitative estimate of drug-likeness (QED) is 0.564. The van der Waals surface area contributed by atoms with Gasteiger partial charge in [0.05, 0.1) is 5.69 Å². The van der Waals surface area contributed by atoms with E-state index in [0.717, 1.165) is 22.4 Å². The third kappa shape index (κ3) is 1.48. The number of aryl methyl sites for hydroxylation is 1. The molecule has 1 aromatic heterocycles. The van der Waals surface area contributed by atoms with Crippen LogP contribution in [0.5, 0.6) is 0 Å². The van der Waals surface area contributed by atoms with E-state index in [9.17, 15) is 4.39 Å². The zero-order valence-corrected chi connectivity index (χ0v) is 12.4. The molecule has 0 atom stereocenters. The lowest BCUT2D eigenvalue weighted by molar-refractivity contribution is 0.550. The van der Waals surface area contributed by atoms with Gasteiger partial charge in [-0.25, -0.2) is 4.39 Å². The maximum atomic E-state index is 14.5. The Morgan fingerprint density at radius 3 is 2.67 bits per heavy atom. The summed E-state index contributed by atoms with van der Waals surface area (Å²) >= 11 is 0. The van der Waals surface area contributed by atoms with Gasteiger partial charge < -0.3 is 0 Å². The van der Waals surface area contributed by atoms with Gasteiger partial charge in [-0.2, -0.15) is 0 Å². The fourth-order valence-electron chi connectivity index (χ4n) is 3.66. The van der Waals surface area contributed by atoms with Gasteiger partial charge in [-0.1, -0.05) is 38.1 Å². The molecule has 2 aromatic carbocycles. The second-order valence-electron chi connectivity index (χ2n) is 6.30. The van der Waals surface area contributed by atoms with Crippen molar-refractivity contribution in [1.29, 1.82) is 0 Å². The number of fused-ring (bicyclic) bond motifs is 2. The molecular formula is C19H16FN. The summed E-state index contributed by atoms with van der Waals surface area (Å²) < 4.78 is 14.5. The molecule has 0 radical (unpaired) electrons. The van der Waals surface area contributed by atoms with E-state index in [2.05, 4.69) is 44.0 Å². The molecule has 1 aliphatic rings. The minimum absolute atomic E-state index is 0.150. The predicted molar refractivity (Wildman–Crippen MR) is 84.0 cm³/mol. The molecular weight excluding hydrogens is 261 g/mol. The SMILES string of the molecule is Cc1ccc2c3c(nccc13)-c1cccc(F)c1C2(C)C. The summed E-state index contributed by atoms with van der Waals surface area (Å²) in [5.41, 5.74) is 4.60. The van der Waals surface area contributed by atoms with Gasteiger partial charge in [0.15, 0.2) is 0 Å². The molecule has 1 heterocycles. The average Bonchev–Trinajstić information content (AvgIpc) is 2.45. The molecule has 2 heteroatoms. The molecule has 1 aliphatic carbocycles. The third-order valence-electron chi connectivity index (χ3n) is 4.71. The van der Waals surface area contributed by atoms with Gasteiger partial charge in [0.25, 0.3) is 0 Å². The van der Waals surface area contributed by atoms with E-state index in [1.807, 2.05) is 12.3 Å². The zero-order valence-electron chi connectivity index (χ0n) is 12.4. The van der Waals surface area contributed by atoms with Crippen LogP contribution in [-0.4, -0.2) is 4.98 Å². The Balaban J connectivity index is 2.29. The highest BCUT2D eigenvalue weighted by Gasteiger charge is 2.36. The average molecular weight is 277 g/mol. The summed E-state index contributed by atoms with van der Waals surface area (Å²) in [6.45, 7) is 6.29. The van der Waals surface area contributed by atoms with Crippen molar-refractivity contribution in [2.75, 3.05) is 0 Å². The second kappa shape index (κ2) is 3.91. The van der Waals surface area contributed by atoms with Gasteiger partial charge in [0.1, 0.15) is 5.82 Å². The maximum absolute atomic E-state index is 14.5. The van der Waals surface area contributed by atoms with Crippen molar-refractivity contribution < 1.29 is 4.39 Å². The molecule has 21 heavy (non-hydrogen) atoms. The Bertz CT molecular complexity index is 893. The van der Waals surface area contributed by atoms with E-state index >= 15 is 0 Å². The van der Waals surface area contributed by atoms with E-state index < -0.39 is 0 Å². The third-order valence-corrected chi connectivity index (χ3v) is 4.71. The van der Waals surface area contributed by atoms with Crippen LogP contribution >= 0.6 is 0 Å². The predicted octanol–water partition coefficient (Wildman–Crippen LogP) is 4.99. The van der Waals surface area contributed by atoms with Crippen molar-refractivity contribution in [3.8, 4) is 11.3 Å². The van der Waals surface area contributed by atoms with Crippen LogP contribution in [0.2, 0.25) is 0 Å². The first-order chi connectivity index (χ1) is 10.0. The highest BCUT2D eigenvalue weighted by atomic mass is 19.1. The van der Waals surface area contributed by atoms with Crippen molar-refractivity contribution in [3.63, 3.8) is 0 Å². The molecule has 3 aromatic rings. The first-order valence-electron chi connectivity index (χ1n) is 7.20. The van der Waals surface area contributed by atoms with E-state index in [0.29, 0.717) is 0 Å². The number of benzene rings is 2. The van der Waals surface area contributed by atoms with Gasteiger partial charge in [-0.05, 0) is 35.6 Å². The van der Waals surface area contributed by atoms with Crippen molar-refractivity contribution in [1.82, 2.24) is 4.98 Å². The van der Waals surface area contributed by atoms with Crippen molar-refractivity contribution >= 4 is 10.8 Å². The van der Waals surface area contributed by atoms with Crippen molar-refractivity contribution in [2.45, 2.75) is 26.2 Å². The molecule has 0 spiro atoms. The van der Waals surface area contributed by atoms with Crippen LogP contribution < -0.4 is 0 Å². The fraction of sp³-hybridized carbons (Fsp3) is 0.211. The Kier molecular flexibility index (Phi) is 2.33. The molecule has 0 saturated heterocycles. The molecule has 104 valence electrons. The standard InChI is InChI=1S/C19H16FN/c1-11-7-8-14-16-12(11)9-10-21-18(16)13-5-4-6-15(20)17(13)19(14,2)3/h4-10H,1-3H3. The summed E-state index contributed by atoms with van der Waals surface area (Å²) in [4.78, 5) is 4.56. The van der Waals surface area contributed by atoms with E-state index in [1.165, 1.54) is 16.3 Å². The number of hydrogen-bond acceptors (Lipinski definition) is 1. The van der Waals surface area contributed by atoms with Crippen LogP contribution in [-0.2, 0) is 5.41 Å². The minimum Gasteiger partial charge on any atom is -0.256 e. The minimum atomic E-state index is -0.358. The molecule has 0 unspecified atom stereocenters. The smallest absolute Gasteiger partial charge is 0.127 e. The fourth-order valence-corrected chi connectivity index (χ4v) is 3.66. The highest BCUT2D eigenvalue weighted by molar-refractivity contribution is 6.02. The van der Waals surface area contributed by atoms with Gasteiger partial charge in [-0.3, -0.25) is 4.98 Å². The maximum Gasteiger partial charge on any atom is 0.127 e. The summed E-state index contributed by atoms with van der Waals surface area (Å²) in [5, 5.41) is 2.38. The van der Waals surface area contributed by atoms with Gasteiger partial charge in [0, 0.05) is 28.1 Å². The summed E-state index contributed by atoms with van der Waals surface area (Å²) in [5.74, 6) is -0.150. The lowest BCUT2D eigenvalue weighted by atomic mass is 9.69. The van der Waals surface area contributed by atoms with E-state index in [1.54, 1.807) is 12.1 Å². The van der Waals surface area contributed by atoms with Crippen LogP contribution in [0.1, 0.15) is 30.5 Å². The van der Waals surface area contributed by atoms with Crippen LogP contribution in [0.15, 0.2) is 42.6 Å². The van der Waals surface area contributed by atoms with E-state index in [4.69, 9.17) is 0 Å². The normalized spacial score (nSPS) is 15.0. The van der Waals surface area contributed by atoms with Gasteiger partial charge in [0.2, 0.25) is 0 Å². The van der Waals surface area contributed by atoms with Crippen LogP contribution in [0, 0.1) is 12.7 Å². The number of aromatic nitrogens is 1. The lowest BCUT2D eigenvalue weighted by Crippen LogP contribution is -2.25. The largest absolute Gasteiger partial charge is 0.256 e. The Morgan fingerprint density at radius 2 is 1.86 bits per heavy atom. The molecule has 1 nitrogen and oxygen atoms in total. The molecule has 0 bridgehead atoms.